The number of nitrogens with one attached hydrogen (secondary N) is 2. The molecule has 3 saturated heterocycles. The maximum atomic E-state index is 9.36. The summed E-state index contributed by atoms with van der Waals surface area (Å²) in [5, 5.41) is 28.8. The molecule has 5 rings (SSSR count). The molecule has 3 aliphatic rings. The maximum Gasteiger partial charge on any atom is 0.229 e. The fourth-order valence-electron chi connectivity index (χ4n) is 5.71. The summed E-state index contributed by atoms with van der Waals surface area (Å²) >= 11 is 0. The Morgan fingerprint density at radius 1 is 1.20 bits per heavy atom. The summed E-state index contributed by atoms with van der Waals surface area (Å²) in [5.74, 6) is 2.85. The molecule has 0 saturated carbocycles. The normalized spacial score (nSPS) is 24.7. The van der Waals surface area contributed by atoms with E-state index in [2.05, 4.69) is 43.3 Å². The van der Waals surface area contributed by atoms with Crippen LogP contribution in [0, 0.1) is 11.3 Å². The molecule has 3 atom stereocenters. The molecule has 3 fully saturated rings. The van der Waals surface area contributed by atoms with Crippen LogP contribution >= 0.6 is 0 Å². The van der Waals surface area contributed by atoms with E-state index in [0.29, 0.717) is 61.0 Å². The second-order valence-electron chi connectivity index (χ2n) is 9.69. The smallest absolute Gasteiger partial charge is 0.229 e. The van der Waals surface area contributed by atoms with Crippen molar-refractivity contribution in [2.45, 2.75) is 63.3 Å². The van der Waals surface area contributed by atoms with Gasteiger partial charge in [0.1, 0.15) is 11.6 Å². The highest BCUT2D eigenvalue weighted by atomic mass is 16.5. The zero-order valence-corrected chi connectivity index (χ0v) is 20.4. The standard InChI is InChI=1S/C24H35N9O2/c1-31(20-13-18-4-2-5-19(14-20)33(18)7-3-6-25)24-27-21(26-22-12-17(16-34)29-30-22)15-23(28-24)32-8-10-35-11-9-32/h12,15,18-20,34H,2-5,7-11,13-14,16H2,1H3,(H2,26,27,28,29,30)/t18-,19+,20?. The number of H-pyrrole nitrogens is 1. The highest BCUT2D eigenvalue weighted by Gasteiger charge is 2.39. The van der Waals surface area contributed by atoms with Gasteiger partial charge >= 0.3 is 0 Å². The quantitative estimate of drug-likeness (QED) is 0.515. The van der Waals surface area contributed by atoms with E-state index in [-0.39, 0.29) is 6.61 Å². The maximum absolute atomic E-state index is 9.36. The van der Waals surface area contributed by atoms with Crippen molar-refractivity contribution in [2.24, 2.45) is 0 Å². The van der Waals surface area contributed by atoms with E-state index in [1.807, 2.05) is 6.07 Å². The van der Waals surface area contributed by atoms with Crippen molar-refractivity contribution >= 4 is 23.4 Å². The zero-order chi connectivity index (χ0) is 24.2. The number of aliphatic hydroxyl groups excluding tert-OH is 1. The first-order valence-electron chi connectivity index (χ1n) is 12.6. The van der Waals surface area contributed by atoms with Crippen molar-refractivity contribution in [3.05, 3.63) is 17.8 Å². The molecule has 0 spiro atoms. The van der Waals surface area contributed by atoms with Gasteiger partial charge in [-0.25, -0.2) is 0 Å². The van der Waals surface area contributed by atoms with Crippen LogP contribution in [-0.2, 0) is 11.3 Å². The molecule has 2 aromatic rings. The van der Waals surface area contributed by atoms with Crippen LogP contribution in [0.5, 0.6) is 0 Å². The number of hydrogen-bond acceptors (Lipinski definition) is 10. The first-order chi connectivity index (χ1) is 17.1. The minimum Gasteiger partial charge on any atom is -0.390 e. The van der Waals surface area contributed by atoms with Gasteiger partial charge in [0, 0.05) is 63.4 Å². The van der Waals surface area contributed by atoms with Crippen molar-refractivity contribution in [3.8, 4) is 6.07 Å². The fraction of sp³-hybridized carbons (Fsp3) is 0.667. The van der Waals surface area contributed by atoms with Crippen molar-refractivity contribution in [3.63, 3.8) is 0 Å². The Balaban J connectivity index is 1.38. The molecule has 11 heteroatoms. The summed E-state index contributed by atoms with van der Waals surface area (Å²) in [4.78, 5) is 16.9. The molecule has 0 radical (unpaired) electrons. The highest BCUT2D eigenvalue weighted by Crippen LogP contribution is 2.37. The summed E-state index contributed by atoms with van der Waals surface area (Å²) in [7, 11) is 2.10. The van der Waals surface area contributed by atoms with Gasteiger partial charge in [0.25, 0.3) is 0 Å². The molecule has 5 heterocycles. The lowest BCUT2D eigenvalue weighted by Crippen LogP contribution is -2.56. The number of anilines is 4. The topological polar surface area (TPSA) is 129 Å². The molecule has 0 aromatic carbocycles. The molecule has 188 valence electrons. The molecular formula is C24H35N9O2. The number of nitriles is 1. The molecule has 2 aromatic heterocycles. The number of aliphatic hydroxyl groups is 1. The second-order valence-corrected chi connectivity index (χ2v) is 9.69. The molecule has 0 amide bonds. The van der Waals surface area contributed by atoms with Gasteiger partial charge in [-0.05, 0) is 25.7 Å². The average molecular weight is 482 g/mol. The Kier molecular flexibility index (Phi) is 7.32. The Morgan fingerprint density at radius 3 is 2.66 bits per heavy atom. The number of morpholine rings is 1. The predicted octanol–water partition coefficient (Wildman–Crippen LogP) is 2.01. The van der Waals surface area contributed by atoms with E-state index in [9.17, 15) is 5.11 Å². The Morgan fingerprint density at radius 2 is 1.97 bits per heavy atom. The number of aromatic amines is 1. The highest BCUT2D eigenvalue weighted by molar-refractivity contribution is 5.60. The van der Waals surface area contributed by atoms with Crippen LogP contribution in [0.4, 0.5) is 23.4 Å². The summed E-state index contributed by atoms with van der Waals surface area (Å²) in [5.41, 5.74) is 0.641. The van der Waals surface area contributed by atoms with Crippen molar-refractivity contribution in [2.75, 3.05) is 55.0 Å². The van der Waals surface area contributed by atoms with Crippen LogP contribution < -0.4 is 15.1 Å². The van der Waals surface area contributed by atoms with Gasteiger partial charge in [0.05, 0.1) is 31.6 Å². The van der Waals surface area contributed by atoms with Gasteiger partial charge in [-0.15, -0.1) is 0 Å². The van der Waals surface area contributed by atoms with Crippen LogP contribution in [0.3, 0.4) is 0 Å². The monoisotopic (exact) mass is 481 g/mol. The number of fused-ring (bicyclic) bond motifs is 2. The summed E-state index contributed by atoms with van der Waals surface area (Å²) in [6.45, 7) is 3.72. The van der Waals surface area contributed by atoms with Gasteiger partial charge in [-0.2, -0.15) is 20.3 Å². The van der Waals surface area contributed by atoms with E-state index in [4.69, 9.17) is 20.0 Å². The second kappa shape index (κ2) is 10.8. The Hall–Kier alpha value is -2.94. The minimum atomic E-state index is -0.0964. The largest absolute Gasteiger partial charge is 0.390 e. The van der Waals surface area contributed by atoms with Crippen LogP contribution in [0.1, 0.15) is 44.2 Å². The molecule has 3 N–H and O–H groups in total. The lowest BCUT2D eigenvalue weighted by atomic mass is 9.81. The summed E-state index contributed by atoms with van der Waals surface area (Å²) in [6, 6.07) is 7.43. The van der Waals surface area contributed by atoms with Gasteiger partial charge in [0.2, 0.25) is 5.95 Å². The number of nitrogens with zero attached hydrogens (tertiary/aromatic N) is 7. The molecular weight excluding hydrogens is 446 g/mol. The van der Waals surface area contributed by atoms with E-state index >= 15 is 0 Å². The Bertz CT molecular complexity index is 1020. The molecule has 2 bridgehead atoms. The van der Waals surface area contributed by atoms with Gasteiger partial charge in [-0.1, -0.05) is 6.42 Å². The molecule has 3 aliphatic heterocycles. The van der Waals surface area contributed by atoms with Gasteiger partial charge in [0.15, 0.2) is 5.82 Å². The fourth-order valence-corrected chi connectivity index (χ4v) is 5.71. The number of ether oxygens (including phenoxy) is 1. The van der Waals surface area contributed by atoms with Crippen LogP contribution in [-0.4, -0.2) is 88.2 Å². The van der Waals surface area contributed by atoms with E-state index in [0.717, 1.165) is 38.3 Å². The third-order valence-corrected chi connectivity index (χ3v) is 7.54. The van der Waals surface area contributed by atoms with Gasteiger partial charge in [-0.3, -0.25) is 10.00 Å². The number of rotatable bonds is 8. The SMILES string of the molecule is CN(c1nc(Nc2cc(CO)[nH]n2)cc(N2CCOCC2)n1)C1C[C@H]2CCC[C@@H](C1)N2CCC#N. The van der Waals surface area contributed by atoms with E-state index in [1.165, 1.54) is 19.3 Å². The van der Waals surface area contributed by atoms with Crippen molar-refractivity contribution < 1.29 is 9.84 Å². The molecule has 35 heavy (non-hydrogen) atoms. The summed E-state index contributed by atoms with van der Waals surface area (Å²) in [6.07, 6.45) is 6.38. The lowest BCUT2D eigenvalue weighted by molar-refractivity contribution is 0.0326. The lowest BCUT2D eigenvalue weighted by Gasteiger charge is -2.50. The predicted molar refractivity (Wildman–Crippen MR) is 133 cm³/mol. The Labute approximate surface area is 206 Å². The third kappa shape index (κ3) is 5.34. The third-order valence-electron chi connectivity index (χ3n) is 7.54. The molecule has 1 unspecified atom stereocenters. The average Bonchev–Trinajstić information content (AvgIpc) is 3.34. The molecule has 11 nitrogen and oxygen atoms in total. The van der Waals surface area contributed by atoms with Gasteiger partial charge < -0.3 is 25.0 Å². The molecule has 0 aliphatic carbocycles. The van der Waals surface area contributed by atoms with Crippen molar-refractivity contribution in [1.82, 2.24) is 25.1 Å². The minimum absolute atomic E-state index is 0.0964. The van der Waals surface area contributed by atoms with Crippen LogP contribution in [0.15, 0.2) is 12.1 Å². The number of aromatic nitrogens is 4. The van der Waals surface area contributed by atoms with E-state index in [1.54, 1.807) is 6.07 Å². The zero-order valence-electron chi connectivity index (χ0n) is 20.4. The number of hydrogen-bond donors (Lipinski definition) is 3. The first kappa shape index (κ1) is 23.8. The van der Waals surface area contributed by atoms with Crippen molar-refractivity contribution in [1.29, 1.82) is 5.26 Å². The van der Waals surface area contributed by atoms with Crippen LogP contribution in [0.25, 0.3) is 0 Å². The first-order valence-corrected chi connectivity index (χ1v) is 12.6. The van der Waals surface area contributed by atoms with Crippen LogP contribution in [0.2, 0.25) is 0 Å². The number of piperidine rings is 2. The summed E-state index contributed by atoms with van der Waals surface area (Å²) < 4.78 is 5.54. The van der Waals surface area contributed by atoms with E-state index < -0.39 is 0 Å².